The summed E-state index contributed by atoms with van der Waals surface area (Å²) < 4.78 is 12.4. The van der Waals surface area contributed by atoms with Crippen molar-refractivity contribution in [3.63, 3.8) is 0 Å². The van der Waals surface area contributed by atoms with E-state index < -0.39 is 0 Å². The molecule has 0 atom stereocenters. The van der Waals surface area contributed by atoms with Crippen LogP contribution in [0.3, 0.4) is 0 Å². The molecular weight excluding hydrogens is 485 g/mol. The summed E-state index contributed by atoms with van der Waals surface area (Å²) in [7, 11) is 3.02. The number of ether oxygens (including phenoxy) is 2. The molecule has 0 bridgehead atoms. The number of aliphatic imine (C=N–C) groups is 1. The molecule has 1 aromatic heterocycles. The van der Waals surface area contributed by atoms with E-state index in [1.807, 2.05) is 18.5 Å². The normalized spacial score (nSPS) is 11.0. The van der Waals surface area contributed by atoms with Crippen LogP contribution in [-0.4, -0.2) is 48.2 Å². The van der Waals surface area contributed by atoms with Crippen molar-refractivity contribution in [1.29, 1.82) is 0 Å². The summed E-state index contributed by atoms with van der Waals surface area (Å²) in [4.78, 5) is 4.61. The fraction of sp³-hybridized carbons (Fsp3) is 0.500. The number of rotatable bonds is 9. The van der Waals surface area contributed by atoms with E-state index >= 15 is 0 Å². The first-order valence-corrected chi connectivity index (χ1v) is 9.45. The van der Waals surface area contributed by atoms with Crippen molar-refractivity contribution in [3.05, 3.63) is 35.2 Å². The molecule has 0 amide bonds. The Kier molecular flexibility index (Phi) is 10.6. The molecule has 0 fully saturated rings. The molecule has 2 rings (SSSR count). The lowest BCUT2D eigenvalue weighted by Crippen LogP contribution is -2.38. The Balaban J connectivity index is 0.00000420. The largest absolute Gasteiger partial charge is 0.502 e. The molecule has 1 heterocycles. The van der Waals surface area contributed by atoms with Crippen LogP contribution < -0.4 is 20.1 Å². The Morgan fingerprint density at radius 3 is 2.31 bits per heavy atom. The number of hydrogen-bond donors (Lipinski definition) is 3. The third kappa shape index (κ3) is 7.30. The second-order valence-electron chi connectivity index (χ2n) is 6.47. The summed E-state index contributed by atoms with van der Waals surface area (Å²) in [6.07, 6.45) is 0.938. The fourth-order valence-electron chi connectivity index (χ4n) is 2.89. The lowest BCUT2D eigenvalue weighted by Gasteiger charge is -2.13. The molecule has 0 aliphatic carbocycles. The number of benzene rings is 1. The maximum absolute atomic E-state index is 10.0. The SMILES string of the molecule is CCNC(=NCc1cc(OC)c(O)c(OC)c1)NCCCn1nc(C)cc1C.I. The standard InChI is InChI=1S/C20H31N5O3.HI/c1-6-21-20(22-8-7-9-25-15(3)10-14(2)24-25)23-13-16-11-17(27-4)19(26)18(12-16)28-5;/h10-12,26H,6-9,13H2,1-5H3,(H2,21,22,23);1H. The Bertz CT molecular complexity index is 782. The number of methoxy groups -OCH3 is 2. The third-order valence-corrected chi connectivity index (χ3v) is 4.25. The van der Waals surface area contributed by atoms with Gasteiger partial charge in [-0.15, -0.1) is 24.0 Å². The second kappa shape index (κ2) is 12.4. The Morgan fingerprint density at radius 1 is 1.14 bits per heavy atom. The van der Waals surface area contributed by atoms with Crippen LogP contribution >= 0.6 is 24.0 Å². The van der Waals surface area contributed by atoms with Crippen LogP contribution in [0, 0.1) is 13.8 Å². The first-order chi connectivity index (χ1) is 13.5. The van der Waals surface area contributed by atoms with Crippen LogP contribution in [0.5, 0.6) is 17.2 Å². The molecule has 0 unspecified atom stereocenters. The zero-order valence-corrected chi connectivity index (χ0v) is 20.1. The van der Waals surface area contributed by atoms with Gasteiger partial charge in [-0.2, -0.15) is 5.10 Å². The Morgan fingerprint density at radius 2 is 1.79 bits per heavy atom. The number of hydrogen-bond acceptors (Lipinski definition) is 5. The molecule has 8 nitrogen and oxygen atoms in total. The molecule has 1 aromatic carbocycles. The van der Waals surface area contributed by atoms with Gasteiger partial charge in [-0.3, -0.25) is 4.68 Å². The van der Waals surface area contributed by atoms with E-state index in [0.29, 0.717) is 18.0 Å². The fourth-order valence-corrected chi connectivity index (χ4v) is 2.89. The van der Waals surface area contributed by atoms with Crippen molar-refractivity contribution in [2.75, 3.05) is 27.3 Å². The summed E-state index contributed by atoms with van der Waals surface area (Å²) in [6.45, 7) is 8.94. The lowest BCUT2D eigenvalue weighted by molar-refractivity contribution is 0.339. The van der Waals surface area contributed by atoms with Gasteiger partial charge >= 0.3 is 0 Å². The Labute approximate surface area is 189 Å². The van der Waals surface area contributed by atoms with Gasteiger partial charge in [-0.1, -0.05) is 0 Å². The minimum atomic E-state index is -0.00749. The highest BCUT2D eigenvalue weighted by atomic mass is 127. The van der Waals surface area contributed by atoms with E-state index in [4.69, 9.17) is 9.47 Å². The van der Waals surface area contributed by atoms with Gasteiger partial charge in [0.25, 0.3) is 0 Å². The van der Waals surface area contributed by atoms with Crippen LogP contribution in [0.1, 0.15) is 30.3 Å². The molecule has 29 heavy (non-hydrogen) atoms. The number of halogens is 1. The predicted molar refractivity (Wildman–Crippen MR) is 126 cm³/mol. The predicted octanol–water partition coefficient (Wildman–Crippen LogP) is 2.99. The lowest BCUT2D eigenvalue weighted by atomic mass is 10.2. The smallest absolute Gasteiger partial charge is 0.200 e. The van der Waals surface area contributed by atoms with E-state index in [2.05, 4.69) is 33.7 Å². The van der Waals surface area contributed by atoms with Gasteiger partial charge in [0.15, 0.2) is 17.5 Å². The maximum atomic E-state index is 10.0. The molecule has 9 heteroatoms. The number of nitrogens with one attached hydrogen (secondary N) is 2. The van der Waals surface area contributed by atoms with Crippen LogP contribution in [-0.2, 0) is 13.1 Å². The summed E-state index contributed by atoms with van der Waals surface area (Å²) in [5.41, 5.74) is 3.10. The maximum Gasteiger partial charge on any atom is 0.200 e. The molecule has 0 radical (unpaired) electrons. The van der Waals surface area contributed by atoms with Gasteiger partial charge in [0, 0.05) is 25.3 Å². The highest BCUT2D eigenvalue weighted by Gasteiger charge is 2.11. The number of phenolic OH excluding ortho intramolecular Hbond substituents is 1. The molecule has 0 saturated carbocycles. The number of phenols is 1. The summed E-state index contributed by atoms with van der Waals surface area (Å²) in [5.74, 6) is 1.47. The van der Waals surface area contributed by atoms with E-state index in [1.165, 1.54) is 19.9 Å². The van der Waals surface area contributed by atoms with Gasteiger partial charge in [0.2, 0.25) is 5.75 Å². The van der Waals surface area contributed by atoms with Crippen molar-refractivity contribution >= 4 is 29.9 Å². The van der Waals surface area contributed by atoms with Crippen molar-refractivity contribution in [3.8, 4) is 17.2 Å². The van der Waals surface area contributed by atoms with Crippen molar-refractivity contribution in [2.24, 2.45) is 4.99 Å². The van der Waals surface area contributed by atoms with Gasteiger partial charge in [0.1, 0.15) is 0 Å². The van der Waals surface area contributed by atoms with Gasteiger partial charge in [-0.05, 0) is 51.0 Å². The van der Waals surface area contributed by atoms with Crippen LogP contribution in [0.4, 0.5) is 0 Å². The highest BCUT2D eigenvalue weighted by molar-refractivity contribution is 14.0. The minimum absolute atomic E-state index is 0. The van der Waals surface area contributed by atoms with E-state index in [9.17, 15) is 5.11 Å². The highest BCUT2D eigenvalue weighted by Crippen LogP contribution is 2.37. The number of aromatic nitrogens is 2. The van der Waals surface area contributed by atoms with Gasteiger partial charge in [0.05, 0.1) is 26.5 Å². The molecule has 0 aliphatic heterocycles. The average Bonchev–Trinajstić information content (AvgIpc) is 3.00. The average molecular weight is 517 g/mol. The summed E-state index contributed by atoms with van der Waals surface area (Å²) >= 11 is 0. The number of nitrogens with zero attached hydrogens (tertiary/aromatic N) is 3. The van der Waals surface area contributed by atoms with Crippen LogP contribution in [0.2, 0.25) is 0 Å². The van der Waals surface area contributed by atoms with Crippen LogP contribution in [0.15, 0.2) is 23.2 Å². The molecule has 0 spiro atoms. The van der Waals surface area contributed by atoms with Gasteiger partial charge in [-0.25, -0.2) is 4.99 Å². The molecule has 0 saturated heterocycles. The third-order valence-electron chi connectivity index (χ3n) is 4.25. The molecule has 162 valence electrons. The zero-order valence-electron chi connectivity index (χ0n) is 17.8. The van der Waals surface area contributed by atoms with Crippen molar-refractivity contribution < 1.29 is 14.6 Å². The monoisotopic (exact) mass is 517 g/mol. The van der Waals surface area contributed by atoms with Crippen molar-refractivity contribution in [2.45, 2.75) is 40.3 Å². The van der Waals surface area contributed by atoms with E-state index in [1.54, 1.807) is 12.1 Å². The number of aryl methyl sites for hydroxylation is 3. The number of aromatic hydroxyl groups is 1. The number of guanidine groups is 1. The van der Waals surface area contributed by atoms with Crippen molar-refractivity contribution in [1.82, 2.24) is 20.4 Å². The quantitative estimate of drug-likeness (QED) is 0.205. The molecular formula is C20H32IN5O3. The second-order valence-corrected chi connectivity index (χ2v) is 6.47. The summed E-state index contributed by atoms with van der Waals surface area (Å²) in [5, 5.41) is 21.1. The van der Waals surface area contributed by atoms with E-state index in [0.717, 1.165) is 43.3 Å². The van der Waals surface area contributed by atoms with Crippen LogP contribution in [0.25, 0.3) is 0 Å². The first kappa shape index (κ1) is 24.9. The zero-order chi connectivity index (χ0) is 20.5. The minimum Gasteiger partial charge on any atom is -0.502 e. The topological polar surface area (TPSA) is 92.9 Å². The first-order valence-electron chi connectivity index (χ1n) is 9.45. The molecule has 3 N–H and O–H groups in total. The van der Waals surface area contributed by atoms with E-state index in [-0.39, 0.29) is 29.7 Å². The Hall–Kier alpha value is -2.17. The molecule has 0 aliphatic rings. The molecule has 2 aromatic rings. The van der Waals surface area contributed by atoms with Gasteiger partial charge < -0.3 is 25.2 Å². The summed E-state index contributed by atoms with van der Waals surface area (Å²) in [6, 6.07) is 5.60.